The highest BCUT2D eigenvalue weighted by molar-refractivity contribution is 5.53. The molecule has 1 aromatic carbocycles. The molecule has 0 atom stereocenters. The molecule has 2 N–H and O–H groups in total. The molecule has 0 heterocycles. The van der Waals surface area contributed by atoms with Crippen LogP contribution in [0.5, 0.6) is 0 Å². The van der Waals surface area contributed by atoms with Crippen LogP contribution in [0.2, 0.25) is 0 Å². The van der Waals surface area contributed by atoms with Crippen molar-refractivity contribution in [2.45, 2.75) is 41.5 Å². The number of carboxylic acid groups (broad SMARTS) is 2. The van der Waals surface area contributed by atoms with E-state index in [1.165, 1.54) is 44.8 Å². The fourth-order valence-corrected chi connectivity index (χ4v) is 1.93. The Bertz CT molecular complexity index is 376. The molecule has 1 aromatic rings. The van der Waals surface area contributed by atoms with E-state index < -0.39 is 6.16 Å². The molecule has 0 aliphatic heterocycles. The van der Waals surface area contributed by atoms with Crippen LogP contribution < -0.4 is 0 Å². The van der Waals surface area contributed by atoms with Crippen LogP contribution in [0.3, 0.4) is 0 Å². The Morgan fingerprint density at radius 3 is 1.19 bits per heavy atom. The fourth-order valence-electron chi connectivity index (χ4n) is 1.93. The van der Waals surface area contributed by atoms with Crippen LogP contribution in [0.25, 0.3) is 6.08 Å². The number of carbonyl (C=O) groups is 1. The van der Waals surface area contributed by atoms with Gasteiger partial charge in [0.25, 0.3) is 0 Å². The van der Waals surface area contributed by atoms with Gasteiger partial charge in [0.05, 0.1) is 0 Å². The van der Waals surface area contributed by atoms with Crippen LogP contribution >= 0.6 is 0 Å². The Balaban J connectivity index is -0.000000279. The van der Waals surface area contributed by atoms with Gasteiger partial charge >= 0.3 is 6.16 Å². The van der Waals surface area contributed by atoms with Crippen molar-refractivity contribution in [3.05, 3.63) is 42.5 Å². The molecule has 0 radical (unpaired) electrons. The van der Waals surface area contributed by atoms with Crippen molar-refractivity contribution < 1.29 is 15.0 Å². The quantitative estimate of drug-likeness (QED) is 0.688. The smallest absolute Gasteiger partial charge is 0.450 e. The molecule has 0 amide bonds. The van der Waals surface area contributed by atoms with Crippen molar-refractivity contribution >= 4 is 12.2 Å². The zero-order chi connectivity index (χ0) is 20.8. The van der Waals surface area contributed by atoms with E-state index >= 15 is 0 Å². The topological polar surface area (TPSA) is 64.0 Å². The molecule has 0 aromatic heterocycles. The molecule has 0 aliphatic carbocycles. The lowest BCUT2D eigenvalue weighted by Crippen LogP contribution is -2.21. The maximum Gasteiger partial charge on any atom is 0.503 e. The third-order valence-electron chi connectivity index (χ3n) is 3.72. The average Bonchev–Trinajstić information content (AvgIpc) is 2.66. The summed E-state index contributed by atoms with van der Waals surface area (Å²) in [4.78, 5) is 13.3. The third kappa shape index (κ3) is 24.4. The second-order valence-electron chi connectivity index (χ2n) is 5.14. The lowest BCUT2D eigenvalue weighted by molar-refractivity contribution is 0.137. The molecule has 0 saturated heterocycles. The summed E-state index contributed by atoms with van der Waals surface area (Å²) in [7, 11) is 0. The van der Waals surface area contributed by atoms with Gasteiger partial charge < -0.3 is 20.0 Å². The van der Waals surface area contributed by atoms with Crippen molar-refractivity contribution in [1.29, 1.82) is 0 Å². The molecule has 0 fully saturated rings. The maximum absolute atomic E-state index is 8.56. The summed E-state index contributed by atoms with van der Waals surface area (Å²) in [6.45, 7) is 23.9. The van der Waals surface area contributed by atoms with Crippen LogP contribution in [0.15, 0.2) is 36.9 Å². The van der Waals surface area contributed by atoms with Gasteiger partial charge in [0, 0.05) is 0 Å². The minimum Gasteiger partial charge on any atom is -0.450 e. The van der Waals surface area contributed by atoms with Gasteiger partial charge in [-0.3, -0.25) is 0 Å². The predicted octanol–water partition coefficient (Wildman–Crippen LogP) is 5.25. The van der Waals surface area contributed by atoms with Crippen molar-refractivity contribution in [3.63, 3.8) is 0 Å². The highest BCUT2D eigenvalue weighted by Gasteiger charge is 1.89. The fraction of sp³-hybridized carbons (Fsp3) is 0.571. The van der Waals surface area contributed by atoms with Crippen molar-refractivity contribution in [1.82, 2.24) is 9.80 Å². The van der Waals surface area contributed by atoms with E-state index in [-0.39, 0.29) is 0 Å². The number of rotatable bonds is 7. The molecule has 0 spiro atoms. The van der Waals surface area contributed by atoms with Crippen LogP contribution in [0.4, 0.5) is 4.79 Å². The van der Waals surface area contributed by atoms with E-state index in [0.717, 1.165) is 0 Å². The van der Waals surface area contributed by atoms with E-state index in [0.29, 0.717) is 0 Å². The summed E-state index contributed by atoms with van der Waals surface area (Å²) >= 11 is 0. The van der Waals surface area contributed by atoms with Gasteiger partial charge in [-0.05, 0) is 44.8 Å². The first kappa shape index (κ1) is 28.9. The molecular formula is C21H40N2O3. The van der Waals surface area contributed by atoms with Crippen molar-refractivity contribution in [2.75, 3.05) is 39.3 Å². The molecule has 0 aliphatic rings. The Morgan fingerprint density at radius 2 is 1.08 bits per heavy atom. The first-order valence-electron chi connectivity index (χ1n) is 9.40. The van der Waals surface area contributed by atoms with Gasteiger partial charge in [0.15, 0.2) is 0 Å². The van der Waals surface area contributed by atoms with Crippen molar-refractivity contribution in [2.24, 2.45) is 0 Å². The van der Waals surface area contributed by atoms with E-state index in [2.05, 4.69) is 57.9 Å². The number of hydrogen-bond acceptors (Lipinski definition) is 3. The molecule has 152 valence electrons. The Kier molecular flexibility index (Phi) is 25.8. The summed E-state index contributed by atoms with van der Waals surface area (Å²) in [5.41, 5.74) is 1.17. The Morgan fingerprint density at radius 1 is 0.808 bits per heavy atom. The summed E-state index contributed by atoms with van der Waals surface area (Å²) in [6.07, 6.45) is 0. The van der Waals surface area contributed by atoms with Gasteiger partial charge in [-0.2, -0.15) is 0 Å². The summed E-state index contributed by atoms with van der Waals surface area (Å²) in [5, 5.41) is 13.9. The normalized spacial score (nSPS) is 9.08. The standard InChI is InChI=1S/C8H8.2C6H15N.CH2O3/c1-2-8-6-4-3-5-7-8;2*1-4-7(5-2)6-3;2-1(3)4/h2-7H,1H2;2*4-6H2,1-3H3;(H2,2,3,4). The summed E-state index contributed by atoms with van der Waals surface area (Å²) < 4.78 is 0. The van der Waals surface area contributed by atoms with E-state index in [4.69, 9.17) is 15.0 Å². The molecule has 0 saturated carbocycles. The van der Waals surface area contributed by atoms with Gasteiger partial charge in [-0.1, -0.05) is 84.5 Å². The van der Waals surface area contributed by atoms with Crippen LogP contribution in [-0.4, -0.2) is 65.4 Å². The lowest BCUT2D eigenvalue weighted by atomic mass is 10.2. The van der Waals surface area contributed by atoms with Gasteiger partial charge in [0.2, 0.25) is 0 Å². The first-order chi connectivity index (χ1) is 12.4. The second kappa shape index (κ2) is 23.1. The van der Waals surface area contributed by atoms with E-state index in [1.807, 2.05) is 36.4 Å². The SMILES string of the molecule is C=Cc1ccccc1.CCN(CC)CC.CCN(CC)CC.O=C(O)O. The summed E-state index contributed by atoms with van der Waals surface area (Å²) in [6, 6.07) is 10.0. The van der Waals surface area contributed by atoms with Gasteiger partial charge in [-0.25, -0.2) is 4.79 Å². The monoisotopic (exact) mass is 368 g/mol. The molecule has 5 nitrogen and oxygen atoms in total. The highest BCUT2D eigenvalue weighted by Crippen LogP contribution is 1.97. The Labute approximate surface area is 161 Å². The van der Waals surface area contributed by atoms with Crippen LogP contribution in [0, 0.1) is 0 Å². The largest absolute Gasteiger partial charge is 0.503 e. The first-order valence-corrected chi connectivity index (χ1v) is 9.40. The minimum absolute atomic E-state index is 1.17. The highest BCUT2D eigenvalue weighted by atomic mass is 16.6. The molecule has 5 heteroatoms. The Hall–Kier alpha value is -1.85. The number of nitrogens with zero attached hydrogens (tertiary/aromatic N) is 2. The predicted molar refractivity (Wildman–Crippen MR) is 114 cm³/mol. The molecule has 0 unspecified atom stereocenters. The van der Waals surface area contributed by atoms with Gasteiger partial charge in [-0.15, -0.1) is 0 Å². The molecular weight excluding hydrogens is 328 g/mol. The molecule has 26 heavy (non-hydrogen) atoms. The van der Waals surface area contributed by atoms with Gasteiger partial charge in [0.1, 0.15) is 0 Å². The zero-order valence-corrected chi connectivity index (χ0v) is 17.6. The van der Waals surface area contributed by atoms with Crippen molar-refractivity contribution in [3.8, 4) is 0 Å². The maximum atomic E-state index is 8.56. The number of hydrogen-bond donors (Lipinski definition) is 2. The third-order valence-corrected chi connectivity index (χ3v) is 3.72. The van der Waals surface area contributed by atoms with Crippen LogP contribution in [0.1, 0.15) is 47.1 Å². The average molecular weight is 369 g/mol. The zero-order valence-electron chi connectivity index (χ0n) is 17.6. The van der Waals surface area contributed by atoms with Crippen LogP contribution in [-0.2, 0) is 0 Å². The minimum atomic E-state index is -1.83. The molecule has 1 rings (SSSR count). The lowest BCUT2D eigenvalue weighted by Gasteiger charge is -2.13. The summed E-state index contributed by atoms with van der Waals surface area (Å²) in [5.74, 6) is 0. The number of benzene rings is 1. The van der Waals surface area contributed by atoms with E-state index in [9.17, 15) is 0 Å². The molecule has 0 bridgehead atoms. The second-order valence-corrected chi connectivity index (χ2v) is 5.14. The van der Waals surface area contributed by atoms with E-state index in [1.54, 1.807) is 0 Å².